The highest BCUT2D eigenvalue weighted by Gasteiger charge is 2.23. The van der Waals surface area contributed by atoms with Crippen molar-refractivity contribution in [3.63, 3.8) is 0 Å². The number of aryl methyl sites for hydroxylation is 1. The fourth-order valence-electron chi connectivity index (χ4n) is 3.27. The van der Waals surface area contributed by atoms with E-state index in [1.54, 1.807) is 0 Å². The third-order valence-corrected chi connectivity index (χ3v) is 4.70. The number of para-hydroxylation sites is 1. The molecule has 2 aromatic rings. The molecule has 27 heavy (non-hydrogen) atoms. The molecule has 0 fully saturated rings. The molecule has 0 atom stereocenters. The first-order valence-corrected chi connectivity index (χ1v) is 9.08. The molecular formula is C20H28IN5O. The smallest absolute Gasteiger partial charge is 0.248 e. The molecule has 7 heteroatoms. The molecule has 1 N–H and O–H groups in total. The zero-order chi connectivity index (χ0) is 18.5. The Kier molecular flexibility index (Phi) is 7.70. The van der Waals surface area contributed by atoms with Gasteiger partial charge in [-0.1, -0.05) is 18.2 Å². The average Bonchev–Trinajstić information content (AvgIpc) is 3.24. The van der Waals surface area contributed by atoms with Gasteiger partial charge in [0.1, 0.15) is 6.54 Å². The largest absolute Gasteiger partial charge is 0.357 e. The van der Waals surface area contributed by atoms with Crippen LogP contribution in [0.15, 0.2) is 47.6 Å². The standard InChI is InChI=1S/C20H27N5O.HI/c1-4-21-20(24(3)15-17-9-7-12-23(17)2)22-14-19(26)25-13-11-16-8-5-6-10-18(16)25;/h5-10,12H,4,11,13-15H2,1-3H3,(H,21,22);1H. The van der Waals surface area contributed by atoms with Crippen LogP contribution in [0.25, 0.3) is 0 Å². The van der Waals surface area contributed by atoms with Gasteiger partial charge in [0.15, 0.2) is 5.96 Å². The van der Waals surface area contributed by atoms with Crippen molar-refractivity contribution in [2.24, 2.45) is 12.0 Å². The lowest BCUT2D eigenvalue weighted by Crippen LogP contribution is -2.40. The Bertz CT molecular complexity index is 801. The predicted octanol–water partition coefficient (Wildman–Crippen LogP) is 2.63. The molecule has 0 spiro atoms. The maximum Gasteiger partial charge on any atom is 0.248 e. The van der Waals surface area contributed by atoms with E-state index in [9.17, 15) is 4.79 Å². The number of amides is 1. The highest BCUT2D eigenvalue weighted by Crippen LogP contribution is 2.27. The molecule has 6 nitrogen and oxygen atoms in total. The normalized spacial score (nSPS) is 13.1. The monoisotopic (exact) mass is 481 g/mol. The molecule has 0 aliphatic carbocycles. The highest BCUT2D eigenvalue weighted by atomic mass is 127. The Balaban J connectivity index is 0.00000261. The molecule has 1 aromatic carbocycles. The van der Waals surface area contributed by atoms with Crippen molar-refractivity contribution in [3.8, 4) is 0 Å². The van der Waals surface area contributed by atoms with Crippen molar-refractivity contribution in [2.75, 3.05) is 31.6 Å². The number of hydrogen-bond donors (Lipinski definition) is 1. The number of anilines is 1. The summed E-state index contributed by atoms with van der Waals surface area (Å²) in [5.74, 6) is 0.784. The van der Waals surface area contributed by atoms with E-state index in [0.29, 0.717) is 0 Å². The van der Waals surface area contributed by atoms with Crippen LogP contribution in [0.4, 0.5) is 5.69 Å². The summed E-state index contributed by atoms with van der Waals surface area (Å²) in [5.41, 5.74) is 3.45. The van der Waals surface area contributed by atoms with Gasteiger partial charge in [0, 0.05) is 44.8 Å². The van der Waals surface area contributed by atoms with Gasteiger partial charge in [0.2, 0.25) is 5.91 Å². The molecule has 0 radical (unpaired) electrons. The van der Waals surface area contributed by atoms with E-state index >= 15 is 0 Å². The quantitative estimate of drug-likeness (QED) is 0.406. The fraction of sp³-hybridized carbons (Fsp3) is 0.400. The van der Waals surface area contributed by atoms with E-state index < -0.39 is 0 Å². The van der Waals surface area contributed by atoms with Crippen molar-refractivity contribution in [3.05, 3.63) is 53.9 Å². The molecule has 3 rings (SSSR count). The second-order valence-electron chi connectivity index (χ2n) is 6.56. The molecule has 0 bridgehead atoms. The van der Waals surface area contributed by atoms with E-state index in [1.807, 2.05) is 61.3 Å². The van der Waals surface area contributed by atoms with Gasteiger partial charge < -0.3 is 19.7 Å². The number of halogens is 1. The number of nitrogens with zero attached hydrogens (tertiary/aromatic N) is 4. The molecule has 0 saturated heterocycles. The summed E-state index contributed by atoms with van der Waals surface area (Å²) in [4.78, 5) is 21.1. The van der Waals surface area contributed by atoms with Crippen LogP contribution in [0, 0.1) is 0 Å². The van der Waals surface area contributed by atoms with Gasteiger partial charge in [-0.3, -0.25) is 4.79 Å². The maximum atomic E-state index is 12.7. The number of fused-ring (bicyclic) bond motifs is 1. The topological polar surface area (TPSA) is 52.9 Å². The Labute approximate surface area is 178 Å². The van der Waals surface area contributed by atoms with Gasteiger partial charge in [-0.2, -0.15) is 0 Å². The van der Waals surface area contributed by atoms with Crippen molar-refractivity contribution < 1.29 is 4.79 Å². The van der Waals surface area contributed by atoms with Gasteiger partial charge in [0.25, 0.3) is 0 Å². The molecule has 1 aliphatic rings. The summed E-state index contributed by atoms with van der Waals surface area (Å²) in [6.45, 7) is 4.41. The molecule has 0 saturated carbocycles. The number of carbonyl (C=O) groups excluding carboxylic acids is 1. The van der Waals surface area contributed by atoms with Crippen molar-refractivity contribution in [2.45, 2.75) is 19.9 Å². The summed E-state index contributed by atoms with van der Waals surface area (Å²) in [7, 11) is 4.02. The Morgan fingerprint density at radius 3 is 2.74 bits per heavy atom. The van der Waals surface area contributed by atoms with E-state index in [2.05, 4.69) is 27.0 Å². The third-order valence-electron chi connectivity index (χ3n) is 4.70. The fourth-order valence-corrected chi connectivity index (χ4v) is 3.27. The SMILES string of the molecule is CCNC(=NCC(=O)N1CCc2ccccc21)N(C)Cc1cccn1C.I. The number of hydrogen-bond acceptors (Lipinski definition) is 2. The summed E-state index contributed by atoms with van der Waals surface area (Å²) in [6, 6.07) is 12.2. The lowest BCUT2D eigenvalue weighted by atomic mass is 10.2. The second-order valence-corrected chi connectivity index (χ2v) is 6.56. The van der Waals surface area contributed by atoms with E-state index in [4.69, 9.17) is 0 Å². The van der Waals surface area contributed by atoms with Gasteiger partial charge >= 0.3 is 0 Å². The van der Waals surface area contributed by atoms with Crippen LogP contribution in [-0.4, -0.2) is 48.0 Å². The first-order chi connectivity index (χ1) is 12.6. The minimum atomic E-state index is 0. The van der Waals surface area contributed by atoms with Gasteiger partial charge in [-0.05, 0) is 37.1 Å². The maximum absolute atomic E-state index is 12.7. The number of aliphatic imine (C=N–C) groups is 1. The minimum absolute atomic E-state index is 0. The van der Waals surface area contributed by atoms with E-state index in [0.717, 1.165) is 37.7 Å². The van der Waals surface area contributed by atoms with Crippen LogP contribution in [0.1, 0.15) is 18.2 Å². The summed E-state index contributed by atoms with van der Waals surface area (Å²) in [6.07, 6.45) is 2.95. The second kappa shape index (κ2) is 9.77. The first kappa shape index (κ1) is 21.3. The molecule has 1 aromatic heterocycles. The summed E-state index contributed by atoms with van der Waals surface area (Å²) in [5, 5.41) is 3.28. The molecule has 1 amide bonds. The van der Waals surface area contributed by atoms with Crippen LogP contribution < -0.4 is 10.2 Å². The molecule has 2 heterocycles. The lowest BCUT2D eigenvalue weighted by Gasteiger charge is -2.23. The number of guanidine groups is 1. The van der Waals surface area contributed by atoms with Crippen molar-refractivity contribution in [1.82, 2.24) is 14.8 Å². The first-order valence-electron chi connectivity index (χ1n) is 9.08. The third kappa shape index (κ3) is 5.03. The molecule has 1 aliphatic heterocycles. The Morgan fingerprint density at radius 2 is 2.04 bits per heavy atom. The molecular weight excluding hydrogens is 453 g/mol. The number of benzene rings is 1. The average molecular weight is 481 g/mol. The van der Waals surface area contributed by atoms with E-state index in [-0.39, 0.29) is 36.4 Å². The van der Waals surface area contributed by atoms with Crippen molar-refractivity contribution in [1.29, 1.82) is 0 Å². The Hall–Kier alpha value is -2.03. The van der Waals surface area contributed by atoms with Crippen LogP contribution in [0.5, 0.6) is 0 Å². The van der Waals surface area contributed by atoms with E-state index in [1.165, 1.54) is 11.3 Å². The zero-order valence-electron chi connectivity index (χ0n) is 16.2. The van der Waals surface area contributed by atoms with Crippen molar-refractivity contribution >= 4 is 41.5 Å². The van der Waals surface area contributed by atoms with Gasteiger partial charge in [-0.25, -0.2) is 4.99 Å². The highest BCUT2D eigenvalue weighted by molar-refractivity contribution is 14.0. The number of rotatable bonds is 5. The van der Waals surface area contributed by atoms with Crippen LogP contribution in [-0.2, 0) is 24.8 Å². The number of nitrogens with one attached hydrogen (secondary N) is 1. The molecule has 0 unspecified atom stereocenters. The number of aromatic nitrogens is 1. The summed E-state index contributed by atoms with van der Waals surface area (Å²) < 4.78 is 2.09. The Morgan fingerprint density at radius 1 is 1.26 bits per heavy atom. The zero-order valence-corrected chi connectivity index (χ0v) is 18.5. The minimum Gasteiger partial charge on any atom is -0.357 e. The lowest BCUT2D eigenvalue weighted by molar-refractivity contribution is -0.117. The number of carbonyl (C=O) groups is 1. The van der Waals surface area contributed by atoms with Gasteiger partial charge in [0.05, 0.1) is 6.54 Å². The van der Waals surface area contributed by atoms with Crippen LogP contribution >= 0.6 is 24.0 Å². The van der Waals surface area contributed by atoms with Crippen LogP contribution in [0.3, 0.4) is 0 Å². The summed E-state index contributed by atoms with van der Waals surface area (Å²) >= 11 is 0. The van der Waals surface area contributed by atoms with Crippen LogP contribution in [0.2, 0.25) is 0 Å². The molecule has 146 valence electrons. The van der Waals surface area contributed by atoms with Gasteiger partial charge in [-0.15, -0.1) is 24.0 Å². The predicted molar refractivity (Wildman–Crippen MR) is 121 cm³/mol.